The van der Waals surface area contributed by atoms with E-state index in [0.29, 0.717) is 12.1 Å². The number of rotatable bonds is 6. The van der Waals surface area contributed by atoms with Crippen molar-refractivity contribution >= 4 is 11.5 Å². The number of amides is 1. The van der Waals surface area contributed by atoms with Gasteiger partial charge in [0, 0.05) is 24.5 Å². The standard InChI is InChI=1S/C22H20N2O/c25-22(20-13-16-23-17-14-20)24-15-7-12-21(18-8-3-1-4-9-18)19-10-5-2-6-11-19/h1-6,8-14,16-17H,7,15H2,(H,24,25). The second kappa shape index (κ2) is 8.60. The Balaban J connectivity index is 1.69. The predicted molar refractivity (Wildman–Crippen MR) is 101 cm³/mol. The average Bonchev–Trinajstić information content (AvgIpc) is 2.70. The molecule has 0 aliphatic heterocycles. The van der Waals surface area contributed by atoms with Crippen LogP contribution in [0.5, 0.6) is 0 Å². The van der Waals surface area contributed by atoms with Gasteiger partial charge < -0.3 is 5.32 Å². The molecule has 0 atom stereocenters. The Kier molecular flexibility index (Phi) is 5.73. The lowest BCUT2D eigenvalue weighted by molar-refractivity contribution is 0.0954. The van der Waals surface area contributed by atoms with Crippen LogP contribution in [0, 0.1) is 0 Å². The van der Waals surface area contributed by atoms with Gasteiger partial charge in [-0.15, -0.1) is 0 Å². The molecule has 0 radical (unpaired) electrons. The van der Waals surface area contributed by atoms with Gasteiger partial charge in [-0.25, -0.2) is 0 Å². The van der Waals surface area contributed by atoms with E-state index in [0.717, 1.165) is 6.42 Å². The molecule has 1 aromatic heterocycles. The summed E-state index contributed by atoms with van der Waals surface area (Å²) in [4.78, 5) is 16.0. The van der Waals surface area contributed by atoms with Gasteiger partial charge in [0.1, 0.15) is 0 Å². The second-order valence-electron chi connectivity index (χ2n) is 5.63. The van der Waals surface area contributed by atoms with E-state index in [1.165, 1.54) is 16.7 Å². The van der Waals surface area contributed by atoms with Gasteiger partial charge in [-0.3, -0.25) is 9.78 Å². The Morgan fingerprint density at radius 2 is 1.36 bits per heavy atom. The van der Waals surface area contributed by atoms with Crippen LogP contribution in [-0.2, 0) is 0 Å². The Labute approximate surface area is 148 Å². The predicted octanol–water partition coefficient (Wildman–Crippen LogP) is 4.33. The molecule has 2 aromatic carbocycles. The molecule has 0 fully saturated rings. The summed E-state index contributed by atoms with van der Waals surface area (Å²) in [5, 5.41) is 2.95. The molecule has 3 nitrogen and oxygen atoms in total. The third-order valence-electron chi connectivity index (χ3n) is 3.89. The van der Waals surface area contributed by atoms with Crippen molar-refractivity contribution in [3.63, 3.8) is 0 Å². The molecule has 25 heavy (non-hydrogen) atoms. The quantitative estimate of drug-likeness (QED) is 0.684. The molecule has 1 heterocycles. The largest absolute Gasteiger partial charge is 0.352 e. The minimum absolute atomic E-state index is 0.0724. The van der Waals surface area contributed by atoms with Gasteiger partial charge in [0.15, 0.2) is 0 Å². The van der Waals surface area contributed by atoms with Gasteiger partial charge in [0.25, 0.3) is 5.91 Å². The topological polar surface area (TPSA) is 42.0 Å². The van der Waals surface area contributed by atoms with Crippen molar-refractivity contribution in [2.75, 3.05) is 6.54 Å². The fraction of sp³-hybridized carbons (Fsp3) is 0.0909. The number of carbonyl (C=O) groups excluding carboxylic acids is 1. The fourth-order valence-corrected chi connectivity index (χ4v) is 2.65. The molecule has 0 saturated heterocycles. The first-order valence-corrected chi connectivity index (χ1v) is 8.34. The number of nitrogens with one attached hydrogen (secondary N) is 1. The molecular weight excluding hydrogens is 308 g/mol. The first-order valence-electron chi connectivity index (χ1n) is 8.34. The number of pyridine rings is 1. The molecule has 0 saturated carbocycles. The molecule has 0 spiro atoms. The smallest absolute Gasteiger partial charge is 0.251 e. The van der Waals surface area contributed by atoms with Crippen LogP contribution in [0.4, 0.5) is 0 Å². The maximum absolute atomic E-state index is 12.1. The Morgan fingerprint density at radius 3 is 1.92 bits per heavy atom. The van der Waals surface area contributed by atoms with Crippen LogP contribution in [0.2, 0.25) is 0 Å². The summed E-state index contributed by atoms with van der Waals surface area (Å²) in [6.07, 6.45) is 6.18. The van der Waals surface area contributed by atoms with Crippen LogP contribution < -0.4 is 5.32 Å². The van der Waals surface area contributed by atoms with Gasteiger partial charge >= 0.3 is 0 Å². The molecule has 124 valence electrons. The number of aromatic nitrogens is 1. The Morgan fingerprint density at radius 1 is 0.800 bits per heavy atom. The second-order valence-corrected chi connectivity index (χ2v) is 5.63. The van der Waals surface area contributed by atoms with Crippen molar-refractivity contribution < 1.29 is 4.79 Å². The van der Waals surface area contributed by atoms with Crippen molar-refractivity contribution in [2.24, 2.45) is 0 Å². The van der Waals surface area contributed by atoms with E-state index in [-0.39, 0.29) is 5.91 Å². The molecule has 1 amide bonds. The van der Waals surface area contributed by atoms with E-state index in [2.05, 4.69) is 40.6 Å². The van der Waals surface area contributed by atoms with Gasteiger partial charge in [0.2, 0.25) is 0 Å². The van der Waals surface area contributed by atoms with Crippen molar-refractivity contribution in [1.29, 1.82) is 0 Å². The first-order chi connectivity index (χ1) is 12.3. The van der Waals surface area contributed by atoms with E-state index in [9.17, 15) is 4.79 Å². The minimum atomic E-state index is -0.0724. The van der Waals surface area contributed by atoms with Crippen LogP contribution >= 0.6 is 0 Å². The molecule has 1 N–H and O–H groups in total. The highest BCUT2D eigenvalue weighted by atomic mass is 16.1. The number of carbonyl (C=O) groups is 1. The molecule has 0 aliphatic carbocycles. The van der Waals surface area contributed by atoms with Crippen molar-refractivity contribution in [3.8, 4) is 0 Å². The van der Waals surface area contributed by atoms with E-state index in [4.69, 9.17) is 0 Å². The molecule has 0 aliphatic rings. The summed E-state index contributed by atoms with van der Waals surface area (Å²) >= 11 is 0. The van der Waals surface area contributed by atoms with Crippen molar-refractivity contribution in [2.45, 2.75) is 6.42 Å². The van der Waals surface area contributed by atoms with Crippen LogP contribution in [0.15, 0.2) is 91.3 Å². The molecule has 0 unspecified atom stereocenters. The third-order valence-corrected chi connectivity index (χ3v) is 3.89. The van der Waals surface area contributed by atoms with E-state index in [1.54, 1.807) is 24.5 Å². The van der Waals surface area contributed by atoms with Crippen LogP contribution in [0.25, 0.3) is 5.57 Å². The summed E-state index contributed by atoms with van der Waals surface area (Å²) < 4.78 is 0. The lowest BCUT2D eigenvalue weighted by atomic mass is 9.97. The highest BCUT2D eigenvalue weighted by Gasteiger charge is 2.05. The van der Waals surface area contributed by atoms with Crippen molar-refractivity contribution in [3.05, 3.63) is 108 Å². The minimum Gasteiger partial charge on any atom is -0.352 e. The zero-order chi connectivity index (χ0) is 17.3. The molecule has 0 bridgehead atoms. The molecule has 3 heteroatoms. The van der Waals surface area contributed by atoms with E-state index >= 15 is 0 Å². The maximum atomic E-state index is 12.1. The zero-order valence-electron chi connectivity index (χ0n) is 13.9. The van der Waals surface area contributed by atoms with Crippen molar-refractivity contribution in [1.82, 2.24) is 10.3 Å². The lowest BCUT2D eigenvalue weighted by Gasteiger charge is -2.09. The number of benzene rings is 2. The van der Waals surface area contributed by atoms with Gasteiger partial charge in [-0.05, 0) is 35.3 Å². The maximum Gasteiger partial charge on any atom is 0.251 e. The average molecular weight is 328 g/mol. The van der Waals surface area contributed by atoms with Gasteiger partial charge in [-0.2, -0.15) is 0 Å². The lowest BCUT2D eigenvalue weighted by Crippen LogP contribution is -2.24. The monoisotopic (exact) mass is 328 g/mol. The molecular formula is C22H20N2O. The Bertz CT molecular complexity index is 786. The summed E-state index contributed by atoms with van der Waals surface area (Å²) in [6.45, 7) is 0.588. The van der Waals surface area contributed by atoms with E-state index < -0.39 is 0 Å². The SMILES string of the molecule is O=C(NCCC=C(c1ccccc1)c1ccccc1)c1ccncc1. The third kappa shape index (κ3) is 4.64. The number of hydrogen-bond acceptors (Lipinski definition) is 2. The van der Waals surface area contributed by atoms with Crippen LogP contribution in [-0.4, -0.2) is 17.4 Å². The summed E-state index contributed by atoms with van der Waals surface area (Å²) in [5.74, 6) is -0.0724. The zero-order valence-corrected chi connectivity index (χ0v) is 13.9. The summed E-state index contributed by atoms with van der Waals surface area (Å²) in [5.41, 5.74) is 4.16. The number of hydrogen-bond donors (Lipinski definition) is 1. The van der Waals surface area contributed by atoms with Gasteiger partial charge in [0.05, 0.1) is 0 Å². The highest BCUT2D eigenvalue weighted by Crippen LogP contribution is 2.23. The van der Waals surface area contributed by atoms with Crippen LogP contribution in [0.1, 0.15) is 27.9 Å². The molecule has 3 rings (SSSR count). The fourth-order valence-electron chi connectivity index (χ4n) is 2.65. The summed E-state index contributed by atoms with van der Waals surface area (Å²) in [6, 6.07) is 24.0. The van der Waals surface area contributed by atoms with Gasteiger partial charge in [-0.1, -0.05) is 66.7 Å². The summed E-state index contributed by atoms with van der Waals surface area (Å²) in [7, 11) is 0. The highest BCUT2D eigenvalue weighted by molar-refractivity contribution is 5.94. The number of nitrogens with zero attached hydrogens (tertiary/aromatic N) is 1. The Hall–Kier alpha value is -3.20. The normalized spacial score (nSPS) is 10.1. The molecule has 3 aromatic rings. The van der Waals surface area contributed by atoms with Crippen LogP contribution in [0.3, 0.4) is 0 Å². The van der Waals surface area contributed by atoms with E-state index in [1.807, 2.05) is 36.4 Å². The first kappa shape index (κ1) is 16.7.